The van der Waals surface area contributed by atoms with Crippen LogP contribution < -0.4 is 25.4 Å². The average molecular weight is 480 g/mol. The van der Waals surface area contributed by atoms with E-state index in [0.717, 1.165) is 22.5 Å². The van der Waals surface area contributed by atoms with Crippen LogP contribution in [0.1, 0.15) is 37.6 Å². The Kier molecular flexibility index (Phi) is 7.68. The Morgan fingerprint density at radius 3 is 2.34 bits per heavy atom. The van der Waals surface area contributed by atoms with Gasteiger partial charge in [0.15, 0.2) is 0 Å². The number of urea groups is 1. The van der Waals surface area contributed by atoms with Gasteiger partial charge in [-0.3, -0.25) is 4.79 Å². The number of benzene rings is 2. The maximum Gasteiger partial charge on any atom is 0.319 e. The van der Waals surface area contributed by atoms with Crippen LogP contribution in [0.15, 0.2) is 42.5 Å². The highest BCUT2D eigenvalue weighted by atomic mass is 16.5. The number of aryl methyl sites for hydroxylation is 2. The standard InChI is InChI=1S/C26H33N5O4/c1-16-8-11-20(17(2)12-16)31-23(14-22(30-31)26(3,4)5)29-24(32)15-27-25(33)28-19-10-9-18(34-6)13-21(19)35-7/h8-14H,15H2,1-7H3,(H,29,32)(H2,27,28,33). The number of amides is 3. The average Bonchev–Trinajstić information content (AvgIpc) is 3.22. The molecular weight excluding hydrogens is 446 g/mol. The van der Waals surface area contributed by atoms with E-state index in [1.165, 1.54) is 7.11 Å². The fourth-order valence-corrected chi connectivity index (χ4v) is 3.48. The molecule has 0 fully saturated rings. The molecule has 35 heavy (non-hydrogen) atoms. The predicted molar refractivity (Wildman–Crippen MR) is 137 cm³/mol. The monoisotopic (exact) mass is 479 g/mol. The number of aromatic nitrogens is 2. The lowest BCUT2D eigenvalue weighted by molar-refractivity contribution is -0.115. The third-order valence-corrected chi connectivity index (χ3v) is 5.39. The van der Waals surface area contributed by atoms with Crippen molar-refractivity contribution in [1.82, 2.24) is 15.1 Å². The zero-order chi connectivity index (χ0) is 25.8. The summed E-state index contributed by atoms with van der Waals surface area (Å²) in [5.74, 6) is 1.19. The number of anilines is 2. The van der Waals surface area contributed by atoms with Crippen molar-refractivity contribution in [3.05, 3.63) is 59.3 Å². The number of hydrogen-bond acceptors (Lipinski definition) is 5. The first-order valence-corrected chi connectivity index (χ1v) is 11.3. The van der Waals surface area contributed by atoms with Crippen LogP contribution in [-0.2, 0) is 10.2 Å². The summed E-state index contributed by atoms with van der Waals surface area (Å²) in [5, 5.41) is 12.9. The Bertz CT molecular complexity index is 1230. The van der Waals surface area contributed by atoms with E-state index in [9.17, 15) is 9.59 Å². The number of rotatable bonds is 7. The van der Waals surface area contributed by atoms with Crippen LogP contribution in [0.4, 0.5) is 16.3 Å². The summed E-state index contributed by atoms with van der Waals surface area (Å²) in [4.78, 5) is 25.1. The number of hydrogen-bond donors (Lipinski definition) is 3. The molecule has 3 amide bonds. The quantitative estimate of drug-likeness (QED) is 0.460. The van der Waals surface area contributed by atoms with Gasteiger partial charge in [0, 0.05) is 17.5 Å². The Labute approximate surface area is 205 Å². The largest absolute Gasteiger partial charge is 0.497 e. The fraction of sp³-hybridized carbons (Fsp3) is 0.346. The van der Waals surface area contributed by atoms with Gasteiger partial charge < -0.3 is 25.4 Å². The minimum absolute atomic E-state index is 0.209. The number of carbonyl (C=O) groups excluding carboxylic acids is 2. The van der Waals surface area contributed by atoms with Crippen molar-refractivity contribution in [3.63, 3.8) is 0 Å². The van der Waals surface area contributed by atoms with Crippen LogP contribution in [0.3, 0.4) is 0 Å². The SMILES string of the molecule is COc1ccc(NC(=O)NCC(=O)Nc2cc(C(C)(C)C)nn2-c2ccc(C)cc2C)c(OC)c1. The lowest BCUT2D eigenvalue weighted by Gasteiger charge is -2.14. The summed E-state index contributed by atoms with van der Waals surface area (Å²) in [6, 6.07) is 12.4. The Morgan fingerprint density at radius 2 is 1.71 bits per heavy atom. The topological polar surface area (TPSA) is 107 Å². The van der Waals surface area contributed by atoms with Crippen LogP contribution in [-0.4, -0.2) is 42.5 Å². The smallest absolute Gasteiger partial charge is 0.319 e. The third-order valence-electron chi connectivity index (χ3n) is 5.39. The molecule has 186 valence electrons. The Morgan fingerprint density at radius 1 is 0.971 bits per heavy atom. The lowest BCUT2D eigenvalue weighted by atomic mass is 9.92. The van der Waals surface area contributed by atoms with Gasteiger partial charge in [-0.1, -0.05) is 38.5 Å². The van der Waals surface area contributed by atoms with Gasteiger partial charge in [0.1, 0.15) is 17.3 Å². The van der Waals surface area contributed by atoms with Gasteiger partial charge in [0.2, 0.25) is 5.91 Å². The maximum absolute atomic E-state index is 12.7. The molecule has 0 aliphatic heterocycles. The Hall–Kier alpha value is -4.01. The van der Waals surface area contributed by atoms with Crippen LogP contribution in [0.5, 0.6) is 11.5 Å². The number of ether oxygens (including phenoxy) is 2. The minimum Gasteiger partial charge on any atom is -0.497 e. The molecule has 0 radical (unpaired) electrons. The highest BCUT2D eigenvalue weighted by molar-refractivity contribution is 5.97. The zero-order valence-electron chi connectivity index (χ0n) is 21.3. The molecule has 0 atom stereocenters. The molecule has 9 heteroatoms. The second kappa shape index (κ2) is 10.5. The summed E-state index contributed by atoms with van der Waals surface area (Å²) >= 11 is 0. The molecule has 0 saturated heterocycles. The molecule has 1 aromatic heterocycles. The fourth-order valence-electron chi connectivity index (χ4n) is 3.48. The van der Waals surface area contributed by atoms with Gasteiger partial charge in [0.25, 0.3) is 0 Å². The van der Waals surface area contributed by atoms with E-state index in [0.29, 0.717) is 23.0 Å². The number of methoxy groups -OCH3 is 2. The normalized spacial score (nSPS) is 11.1. The summed E-state index contributed by atoms with van der Waals surface area (Å²) < 4.78 is 12.2. The molecule has 0 spiro atoms. The number of carbonyl (C=O) groups is 2. The van der Waals surface area contributed by atoms with Gasteiger partial charge in [-0.05, 0) is 37.6 Å². The zero-order valence-corrected chi connectivity index (χ0v) is 21.3. The molecule has 3 aromatic rings. The summed E-state index contributed by atoms with van der Waals surface area (Å²) in [6.07, 6.45) is 0. The summed E-state index contributed by atoms with van der Waals surface area (Å²) in [6.45, 7) is 9.99. The summed E-state index contributed by atoms with van der Waals surface area (Å²) in [5.41, 5.74) is 4.13. The van der Waals surface area contributed by atoms with Gasteiger partial charge in [-0.25, -0.2) is 9.48 Å². The van der Waals surface area contributed by atoms with E-state index in [-0.39, 0.29) is 17.9 Å². The van der Waals surface area contributed by atoms with Crippen molar-refractivity contribution in [2.24, 2.45) is 0 Å². The molecular formula is C26H33N5O4. The second-order valence-corrected chi connectivity index (χ2v) is 9.29. The van der Waals surface area contributed by atoms with Crippen molar-refractivity contribution in [1.29, 1.82) is 0 Å². The molecule has 0 saturated carbocycles. The molecule has 0 aliphatic carbocycles. The lowest BCUT2D eigenvalue weighted by Crippen LogP contribution is -2.36. The number of nitrogens with one attached hydrogen (secondary N) is 3. The van der Waals surface area contributed by atoms with E-state index >= 15 is 0 Å². The van der Waals surface area contributed by atoms with E-state index < -0.39 is 6.03 Å². The molecule has 0 bridgehead atoms. The molecule has 9 nitrogen and oxygen atoms in total. The molecule has 1 heterocycles. The molecule has 0 aliphatic rings. The van der Waals surface area contributed by atoms with Crippen molar-refractivity contribution in [2.45, 2.75) is 40.0 Å². The van der Waals surface area contributed by atoms with Gasteiger partial charge in [-0.2, -0.15) is 5.10 Å². The van der Waals surface area contributed by atoms with Crippen molar-refractivity contribution in [2.75, 3.05) is 31.4 Å². The van der Waals surface area contributed by atoms with E-state index in [2.05, 4.69) is 42.8 Å². The number of nitrogens with zero attached hydrogens (tertiary/aromatic N) is 2. The highest BCUT2D eigenvalue weighted by Crippen LogP contribution is 2.29. The van der Waals surface area contributed by atoms with Crippen molar-refractivity contribution >= 4 is 23.4 Å². The minimum atomic E-state index is -0.540. The first-order chi connectivity index (χ1) is 16.5. The molecule has 3 rings (SSSR count). The van der Waals surface area contributed by atoms with Crippen LogP contribution in [0, 0.1) is 13.8 Å². The maximum atomic E-state index is 12.7. The van der Waals surface area contributed by atoms with Crippen molar-refractivity contribution < 1.29 is 19.1 Å². The van der Waals surface area contributed by atoms with E-state index in [1.807, 2.05) is 32.0 Å². The predicted octanol–water partition coefficient (Wildman–Crippen LogP) is 4.56. The van der Waals surface area contributed by atoms with Crippen LogP contribution in [0.25, 0.3) is 5.69 Å². The molecule has 3 N–H and O–H groups in total. The van der Waals surface area contributed by atoms with Gasteiger partial charge >= 0.3 is 6.03 Å². The van der Waals surface area contributed by atoms with Gasteiger partial charge in [0.05, 0.1) is 37.8 Å². The molecule has 2 aromatic carbocycles. The van der Waals surface area contributed by atoms with E-state index in [1.54, 1.807) is 30.0 Å². The van der Waals surface area contributed by atoms with E-state index in [4.69, 9.17) is 14.6 Å². The third kappa shape index (κ3) is 6.32. The Balaban J connectivity index is 1.72. The molecule has 0 unspecified atom stereocenters. The van der Waals surface area contributed by atoms with Crippen LogP contribution in [0.2, 0.25) is 0 Å². The second-order valence-electron chi connectivity index (χ2n) is 9.29. The van der Waals surface area contributed by atoms with Crippen molar-refractivity contribution in [3.8, 4) is 17.2 Å². The van der Waals surface area contributed by atoms with Crippen LogP contribution >= 0.6 is 0 Å². The van der Waals surface area contributed by atoms with Gasteiger partial charge in [-0.15, -0.1) is 0 Å². The first kappa shape index (κ1) is 25.6. The highest BCUT2D eigenvalue weighted by Gasteiger charge is 2.22. The summed E-state index contributed by atoms with van der Waals surface area (Å²) in [7, 11) is 3.04. The first-order valence-electron chi connectivity index (χ1n) is 11.3.